The summed E-state index contributed by atoms with van der Waals surface area (Å²) in [5.41, 5.74) is 0.962. The minimum absolute atomic E-state index is 0.122. The van der Waals surface area contributed by atoms with Crippen LogP contribution in [0.3, 0.4) is 0 Å². The molecule has 6 heteroatoms. The minimum Gasteiger partial charge on any atom is -0.480 e. The van der Waals surface area contributed by atoms with Gasteiger partial charge in [0.2, 0.25) is 5.91 Å². The molecule has 2 N–H and O–H groups in total. The van der Waals surface area contributed by atoms with E-state index in [1.54, 1.807) is 11.8 Å². The second-order valence-electron chi connectivity index (χ2n) is 4.74. The number of amides is 1. The quantitative estimate of drug-likeness (QED) is 0.820. The lowest BCUT2D eigenvalue weighted by atomic mass is 10.2. The molecule has 2 aromatic rings. The van der Waals surface area contributed by atoms with E-state index < -0.39 is 12.0 Å². The second kappa shape index (κ2) is 7.17. The van der Waals surface area contributed by atoms with Crippen LogP contribution in [0.1, 0.15) is 6.42 Å². The van der Waals surface area contributed by atoms with Crippen molar-refractivity contribution in [3.05, 3.63) is 36.5 Å². The fourth-order valence-corrected chi connectivity index (χ4v) is 2.64. The SMILES string of the molecule is CSCCC(NC(=O)Cn1ccc2ccccc21)C(=O)O. The van der Waals surface area contributed by atoms with Gasteiger partial charge in [0.1, 0.15) is 12.6 Å². The van der Waals surface area contributed by atoms with Crippen LogP contribution in [0.2, 0.25) is 0 Å². The molecule has 0 saturated heterocycles. The second-order valence-corrected chi connectivity index (χ2v) is 5.73. The zero-order valence-corrected chi connectivity index (χ0v) is 12.6. The number of rotatable bonds is 7. The van der Waals surface area contributed by atoms with Crippen LogP contribution in [-0.4, -0.2) is 39.6 Å². The molecule has 0 aliphatic carbocycles. The summed E-state index contributed by atoms with van der Waals surface area (Å²) in [6, 6.07) is 8.87. The van der Waals surface area contributed by atoms with Gasteiger partial charge < -0.3 is 15.0 Å². The molecule has 1 atom stereocenters. The molecule has 0 fully saturated rings. The molecule has 1 unspecified atom stereocenters. The number of thioether (sulfide) groups is 1. The summed E-state index contributed by atoms with van der Waals surface area (Å²) in [6.07, 6.45) is 4.17. The number of nitrogens with one attached hydrogen (secondary N) is 1. The van der Waals surface area contributed by atoms with E-state index >= 15 is 0 Å². The number of carboxylic acids is 1. The van der Waals surface area contributed by atoms with Crippen molar-refractivity contribution >= 4 is 34.5 Å². The summed E-state index contributed by atoms with van der Waals surface area (Å²) in [5, 5.41) is 12.8. The molecule has 2 rings (SSSR count). The molecule has 0 radical (unpaired) electrons. The Hall–Kier alpha value is -1.95. The van der Waals surface area contributed by atoms with Crippen LogP contribution in [0, 0.1) is 0 Å². The van der Waals surface area contributed by atoms with Crippen LogP contribution >= 0.6 is 11.8 Å². The van der Waals surface area contributed by atoms with Crippen LogP contribution in [0.5, 0.6) is 0 Å². The summed E-state index contributed by atoms with van der Waals surface area (Å²) in [5.74, 6) is -0.580. The number of fused-ring (bicyclic) bond motifs is 1. The molecule has 0 aliphatic heterocycles. The normalized spacial score (nSPS) is 12.2. The molecular weight excluding hydrogens is 288 g/mol. The maximum absolute atomic E-state index is 12.0. The topological polar surface area (TPSA) is 71.3 Å². The molecule has 112 valence electrons. The lowest BCUT2D eigenvalue weighted by Gasteiger charge is -2.14. The summed E-state index contributed by atoms with van der Waals surface area (Å²) in [6.45, 7) is 0.122. The third-order valence-corrected chi connectivity index (χ3v) is 3.88. The number of carboxylic acid groups (broad SMARTS) is 1. The Morgan fingerprint density at radius 3 is 2.81 bits per heavy atom. The lowest BCUT2D eigenvalue weighted by Crippen LogP contribution is -2.42. The summed E-state index contributed by atoms with van der Waals surface area (Å²) >= 11 is 1.56. The van der Waals surface area contributed by atoms with Gasteiger partial charge in [0.25, 0.3) is 0 Å². The number of aliphatic carboxylic acids is 1. The van der Waals surface area contributed by atoms with Gasteiger partial charge in [-0.2, -0.15) is 11.8 Å². The van der Waals surface area contributed by atoms with Crippen LogP contribution in [0.15, 0.2) is 36.5 Å². The summed E-state index contributed by atoms with van der Waals surface area (Å²) < 4.78 is 1.82. The van der Waals surface area contributed by atoms with Crippen molar-refractivity contribution in [2.24, 2.45) is 0 Å². The predicted molar refractivity (Wildman–Crippen MR) is 84.5 cm³/mol. The zero-order chi connectivity index (χ0) is 15.2. The first-order chi connectivity index (χ1) is 10.1. The van der Waals surface area contributed by atoms with Crippen LogP contribution in [0.4, 0.5) is 0 Å². The molecule has 1 amide bonds. The molecule has 1 aromatic heterocycles. The number of nitrogens with zero attached hydrogens (tertiary/aromatic N) is 1. The first-order valence-electron chi connectivity index (χ1n) is 6.67. The smallest absolute Gasteiger partial charge is 0.326 e. The van der Waals surface area contributed by atoms with Crippen molar-refractivity contribution < 1.29 is 14.7 Å². The van der Waals surface area contributed by atoms with E-state index in [1.165, 1.54) is 0 Å². The third kappa shape index (κ3) is 4.01. The molecular formula is C15H18N2O3S. The van der Waals surface area contributed by atoms with E-state index in [9.17, 15) is 9.59 Å². The number of hydrogen-bond donors (Lipinski definition) is 2. The standard InChI is InChI=1S/C15H18N2O3S/c1-21-9-7-12(15(19)20)16-14(18)10-17-8-6-11-4-2-3-5-13(11)17/h2-6,8,12H,7,9-10H2,1H3,(H,16,18)(H,19,20). The van der Waals surface area contributed by atoms with Gasteiger partial charge >= 0.3 is 5.97 Å². The van der Waals surface area contributed by atoms with Gasteiger partial charge in [-0.1, -0.05) is 18.2 Å². The van der Waals surface area contributed by atoms with Crippen molar-refractivity contribution in [1.82, 2.24) is 9.88 Å². The third-order valence-electron chi connectivity index (χ3n) is 3.24. The van der Waals surface area contributed by atoms with E-state index in [0.29, 0.717) is 12.2 Å². The Kier molecular flexibility index (Phi) is 5.27. The van der Waals surface area contributed by atoms with E-state index in [4.69, 9.17) is 5.11 Å². The van der Waals surface area contributed by atoms with Crippen molar-refractivity contribution in [2.45, 2.75) is 19.0 Å². The number of carbonyl (C=O) groups is 2. The minimum atomic E-state index is -0.991. The van der Waals surface area contributed by atoms with E-state index in [0.717, 1.165) is 10.9 Å². The van der Waals surface area contributed by atoms with Crippen LogP contribution < -0.4 is 5.32 Å². The van der Waals surface area contributed by atoms with Crippen molar-refractivity contribution in [3.8, 4) is 0 Å². The zero-order valence-electron chi connectivity index (χ0n) is 11.8. The first kappa shape index (κ1) is 15.4. The monoisotopic (exact) mass is 306 g/mol. The van der Waals surface area contributed by atoms with Crippen LogP contribution in [0.25, 0.3) is 10.9 Å². The molecule has 1 heterocycles. The number of hydrogen-bond acceptors (Lipinski definition) is 3. The molecule has 0 aliphatic rings. The largest absolute Gasteiger partial charge is 0.480 e. The highest BCUT2D eigenvalue weighted by Gasteiger charge is 2.19. The molecule has 1 aromatic carbocycles. The Morgan fingerprint density at radius 2 is 2.10 bits per heavy atom. The summed E-state index contributed by atoms with van der Waals surface area (Å²) in [7, 11) is 0. The molecule has 0 saturated carbocycles. The highest BCUT2D eigenvalue weighted by molar-refractivity contribution is 7.98. The van der Waals surface area contributed by atoms with Gasteiger partial charge in [0, 0.05) is 11.7 Å². The number of aromatic nitrogens is 1. The highest BCUT2D eigenvalue weighted by atomic mass is 32.2. The predicted octanol–water partition coefficient (Wildman–Crippen LogP) is 1.96. The Balaban J connectivity index is 2.02. The number of para-hydroxylation sites is 1. The fourth-order valence-electron chi connectivity index (χ4n) is 2.17. The van der Waals surface area contributed by atoms with Crippen molar-refractivity contribution in [1.29, 1.82) is 0 Å². The summed E-state index contributed by atoms with van der Waals surface area (Å²) in [4.78, 5) is 23.2. The van der Waals surface area contributed by atoms with Gasteiger partial charge in [-0.3, -0.25) is 4.79 Å². The first-order valence-corrected chi connectivity index (χ1v) is 8.06. The Labute approximate surface area is 127 Å². The van der Waals surface area contributed by atoms with Gasteiger partial charge in [-0.25, -0.2) is 4.79 Å². The van der Waals surface area contributed by atoms with E-state index in [1.807, 2.05) is 47.4 Å². The molecule has 0 spiro atoms. The van der Waals surface area contributed by atoms with Gasteiger partial charge in [-0.15, -0.1) is 0 Å². The molecule has 21 heavy (non-hydrogen) atoms. The highest BCUT2D eigenvalue weighted by Crippen LogP contribution is 2.14. The average Bonchev–Trinajstić information content (AvgIpc) is 2.86. The van der Waals surface area contributed by atoms with Crippen LogP contribution in [-0.2, 0) is 16.1 Å². The molecule has 0 bridgehead atoms. The fraction of sp³-hybridized carbons (Fsp3) is 0.333. The van der Waals surface area contributed by atoms with Gasteiger partial charge in [0.05, 0.1) is 0 Å². The van der Waals surface area contributed by atoms with Gasteiger partial charge in [0.15, 0.2) is 0 Å². The Morgan fingerprint density at radius 1 is 1.33 bits per heavy atom. The molecule has 5 nitrogen and oxygen atoms in total. The van der Waals surface area contributed by atoms with Gasteiger partial charge in [-0.05, 0) is 35.9 Å². The number of benzene rings is 1. The maximum atomic E-state index is 12.0. The van der Waals surface area contributed by atoms with E-state index in [2.05, 4.69) is 5.32 Å². The van der Waals surface area contributed by atoms with E-state index in [-0.39, 0.29) is 12.5 Å². The Bertz CT molecular complexity index is 639. The maximum Gasteiger partial charge on any atom is 0.326 e. The number of carbonyl (C=O) groups excluding carboxylic acids is 1. The average molecular weight is 306 g/mol. The van der Waals surface area contributed by atoms with Crippen molar-refractivity contribution in [2.75, 3.05) is 12.0 Å². The van der Waals surface area contributed by atoms with Crippen molar-refractivity contribution in [3.63, 3.8) is 0 Å². The lowest BCUT2D eigenvalue weighted by molar-refractivity contribution is -0.141.